The first-order valence-corrected chi connectivity index (χ1v) is 6.67. The van der Waals surface area contributed by atoms with Crippen molar-refractivity contribution in [1.29, 1.82) is 0 Å². The second-order valence-corrected chi connectivity index (χ2v) is 5.58. The molecule has 0 unspecified atom stereocenters. The van der Waals surface area contributed by atoms with Gasteiger partial charge in [-0.15, -0.1) is 11.3 Å². The van der Waals surface area contributed by atoms with E-state index in [1.165, 1.54) is 12.1 Å². The number of hydrogen-bond donors (Lipinski definition) is 1. The number of hydrogen-bond acceptors (Lipinski definition) is 4. The molecule has 0 amide bonds. The fourth-order valence-corrected chi connectivity index (χ4v) is 3.31. The Morgan fingerprint density at radius 1 is 1.11 bits per heavy atom. The fourth-order valence-electron chi connectivity index (χ4n) is 2.21. The van der Waals surface area contributed by atoms with Crippen molar-refractivity contribution in [3.63, 3.8) is 0 Å². The summed E-state index contributed by atoms with van der Waals surface area (Å²) in [7, 11) is 0. The van der Waals surface area contributed by atoms with E-state index >= 15 is 0 Å². The molecule has 2 heterocycles. The molecule has 19 heavy (non-hydrogen) atoms. The number of halogens is 1. The monoisotopic (exact) mass is 273 g/mol. The lowest BCUT2D eigenvalue weighted by molar-refractivity contribution is 0.628. The maximum Gasteiger partial charge on any atom is 0.136 e. The minimum Gasteiger partial charge on any atom is -0.383 e. The van der Waals surface area contributed by atoms with Gasteiger partial charge in [-0.1, -0.05) is 12.1 Å². The van der Waals surface area contributed by atoms with E-state index in [1.54, 1.807) is 23.5 Å². The Bertz CT molecular complexity index is 762. The van der Waals surface area contributed by atoms with Gasteiger partial charge in [-0.25, -0.2) is 14.4 Å². The second kappa shape index (κ2) is 4.28. The second-order valence-electron chi connectivity index (χ2n) is 4.38. The molecule has 0 bridgehead atoms. The van der Waals surface area contributed by atoms with Crippen molar-refractivity contribution in [1.82, 2.24) is 9.97 Å². The van der Waals surface area contributed by atoms with E-state index in [4.69, 9.17) is 5.73 Å². The van der Waals surface area contributed by atoms with Gasteiger partial charge >= 0.3 is 0 Å². The van der Waals surface area contributed by atoms with E-state index in [-0.39, 0.29) is 5.82 Å². The van der Waals surface area contributed by atoms with E-state index in [1.807, 2.05) is 13.8 Å². The zero-order valence-corrected chi connectivity index (χ0v) is 11.4. The van der Waals surface area contributed by atoms with Crippen molar-refractivity contribution in [2.45, 2.75) is 13.8 Å². The highest BCUT2D eigenvalue weighted by Gasteiger charge is 2.16. The molecule has 3 rings (SSSR count). The minimum absolute atomic E-state index is 0.249. The summed E-state index contributed by atoms with van der Waals surface area (Å²) in [6.45, 7) is 3.84. The van der Waals surface area contributed by atoms with Crippen molar-refractivity contribution in [2.75, 3.05) is 5.73 Å². The first kappa shape index (κ1) is 12.0. The lowest BCUT2D eigenvalue weighted by Gasteiger charge is -2.04. The Morgan fingerprint density at radius 3 is 2.47 bits per heavy atom. The molecule has 96 valence electrons. The summed E-state index contributed by atoms with van der Waals surface area (Å²) in [6.07, 6.45) is 0. The first-order valence-electron chi connectivity index (χ1n) is 5.85. The summed E-state index contributed by atoms with van der Waals surface area (Å²) in [5.74, 6) is 0.893. The summed E-state index contributed by atoms with van der Waals surface area (Å²) in [5, 5.41) is 0.861. The van der Waals surface area contributed by atoms with Crippen LogP contribution in [0.25, 0.3) is 21.3 Å². The Labute approximate surface area is 113 Å². The van der Waals surface area contributed by atoms with E-state index in [9.17, 15) is 4.39 Å². The normalized spacial score (nSPS) is 11.1. The van der Waals surface area contributed by atoms with Gasteiger partial charge in [0.2, 0.25) is 0 Å². The van der Waals surface area contributed by atoms with Crippen molar-refractivity contribution in [2.24, 2.45) is 0 Å². The third-order valence-corrected chi connectivity index (χ3v) is 4.00. The number of aromatic nitrogens is 2. The van der Waals surface area contributed by atoms with Crippen LogP contribution in [0.2, 0.25) is 0 Å². The molecule has 1 aromatic carbocycles. The van der Waals surface area contributed by atoms with Gasteiger partial charge in [-0.05, 0) is 31.5 Å². The first-order chi connectivity index (χ1) is 9.06. The molecule has 0 aliphatic rings. The van der Waals surface area contributed by atoms with Gasteiger partial charge < -0.3 is 5.73 Å². The van der Waals surface area contributed by atoms with E-state index in [2.05, 4.69) is 9.97 Å². The third-order valence-electron chi connectivity index (χ3n) is 3.00. The molecule has 0 aliphatic heterocycles. The Balaban J connectivity index is 2.34. The summed E-state index contributed by atoms with van der Waals surface area (Å²) in [4.78, 5) is 10.6. The van der Waals surface area contributed by atoms with Crippen LogP contribution < -0.4 is 5.73 Å². The molecular weight excluding hydrogens is 261 g/mol. The number of fused-ring (bicyclic) bond motifs is 1. The fraction of sp³-hybridized carbons (Fsp3) is 0.143. The summed E-state index contributed by atoms with van der Waals surface area (Å²) in [5.41, 5.74) is 7.95. The molecule has 5 heteroatoms. The predicted molar refractivity (Wildman–Crippen MR) is 76.7 cm³/mol. The quantitative estimate of drug-likeness (QED) is 0.735. The zero-order valence-electron chi connectivity index (χ0n) is 10.6. The summed E-state index contributed by atoms with van der Waals surface area (Å²) < 4.78 is 13.0. The maximum atomic E-state index is 13.0. The average Bonchev–Trinajstić information content (AvgIpc) is 2.66. The Hall–Kier alpha value is -2.01. The topological polar surface area (TPSA) is 51.8 Å². The Kier molecular flexibility index (Phi) is 2.71. The molecule has 2 N–H and O–H groups in total. The molecule has 3 aromatic rings. The average molecular weight is 273 g/mol. The van der Waals surface area contributed by atoms with Crippen molar-refractivity contribution in [3.8, 4) is 11.1 Å². The van der Waals surface area contributed by atoms with Crippen LogP contribution in [0.15, 0.2) is 24.3 Å². The molecule has 0 spiro atoms. The van der Waals surface area contributed by atoms with Crippen molar-refractivity contribution < 1.29 is 4.39 Å². The molecule has 0 radical (unpaired) electrons. The summed E-state index contributed by atoms with van der Waals surface area (Å²) in [6, 6.07) is 6.40. The lowest BCUT2D eigenvalue weighted by atomic mass is 10.0. The number of nitrogens with two attached hydrogens (primary N) is 1. The Morgan fingerprint density at radius 2 is 1.79 bits per heavy atom. The zero-order chi connectivity index (χ0) is 13.6. The van der Waals surface area contributed by atoms with Crippen molar-refractivity contribution in [3.05, 3.63) is 40.8 Å². The highest BCUT2D eigenvalue weighted by atomic mass is 32.1. The molecule has 2 aromatic heterocycles. The van der Waals surface area contributed by atoms with Gasteiger partial charge in [0, 0.05) is 10.4 Å². The van der Waals surface area contributed by atoms with Gasteiger partial charge in [0.15, 0.2) is 0 Å². The molecular formula is C14H12FN3S. The van der Waals surface area contributed by atoms with E-state index < -0.39 is 0 Å². The van der Waals surface area contributed by atoms with Gasteiger partial charge in [0.1, 0.15) is 22.3 Å². The number of thiophene rings is 1. The van der Waals surface area contributed by atoms with Crippen LogP contribution in [0.1, 0.15) is 10.7 Å². The van der Waals surface area contributed by atoms with Crippen LogP contribution in [-0.4, -0.2) is 9.97 Å². The van der Waals surface area contributed by atoms with E-state index in [0.717, 1.165) is 26.2 Å². The maximum absolute atomic E-state index is 13.0. The molecule has 0 saturated carbocycles. The van der Waals surface area contributed by atoms with Crippen LogP contribution >= 0.6 is 11.3 Å². The molecule has 0 fully saturated rings. The highest BCUT2D eigenvalue weighted by Crippen LogP contribution is 2.39. The van der Waals surface area contributed by atoms with Crippen LogP contribution in [0.5, 0.6) is 0 Å². The summed E-state index contributed by atoms with van der Waals surface area (Å²) >= 11 is 1.58. The molecule has 0 saturated heterocycles. The molecule has 3 nitrogen and oxygen atoms in total. The van der Waals surface area contributed by atoms with E-state index in [0.29, 0.717) is 11.6 Å². The largest absolute Gasteiger partial charge is 0.383 e. The third kappa shape index (κ3) is 1.96. The SMILES string of the molecule is Cc1nc(N)c2c(-c3ccc(F)cc3)c(C)sc2n1. The minimum atomic E-state index is -0.249. The van der Waals surface area contributed by atoms with Gasteiger partial charge in [-0.2, -0.15) is 0 Å². The van der Waals surface area contributed by atoms with Gasteiger partial charge in [0.05, 0.1) is 5.39 Å². The van der Waals surface area contributed by atoms with Crippen LogP contribution in [0.3, 0.4) is 0 Å². The number of nitrogen functional groups attached to an aromatic ring is 1. The molecule has 0 aliphatic carbocycles. The smallest absolute Gasteiger partial charge is 0.136 e. The lowest BCUT2D eigenvalue weighted by Crippen LogP contribution is -1.96. The molecule has 0 atom stereocenters. The van der Waals surface area contributed by atoms with Crippen molar-refractivity contribution >= 4 is 27.4 Å². The number of benzene rings is 1. The number of aryl methyl sites for hydroxylation is 2. The number of anilines is 1. The van der Waals surface area contributed by atoms with Crippen LogP contribution in [0, 0.1) is 19.7 Å². The highest BCUT2D eigenvalue weighted by molar-refractivity contribution is 7.19. The standard InChI is InChI=1S/C14H12FN3S/c1-7-11(9-3-5-10(15)6-4-9)12-13(16)17-8(2)18-14(12)19-7/h3-6H,1-2H3,(H2,16,17,18). The number of nitrogens with zero attached hydrogens (tertiary/aromatic N) is 2. The van der Waals surface area contributed by atoms with Gasteiger partial charge in [-0.3, -0.25) is 0 Å². The van der Waals surface area contributed by atoms with Gasteiger partial charge in [0.25, 0.3) is 0 Å². The van der Waals surface area contributed by atoms with Crippen LogP contribution in [-0.2, 0) is 0 Å². The number of rotatable bonds is 1. The predicted octanol–water partition coefficient (Wildman–Crippen LogP) is 3.70. The van der Waals surface area contributed by atoms with Crippen LogP contribution in [0.4, 0.5) is 10.2 Å².